The molecule has 0 unspecified atom stereocenters. The molecule has 0 saturated carbocycles. The van der Waals surface area contributed by atoms with Crippen LogP contribution in [0.25, 0.3) is 11.1 Å². The highest BCUT2D eigenvalue weighted by Crippen LogP contribution is 2.25. The van der Waals surface area contributed by atoms with E-state index in [1.165, 1.54) is 42.5 Å². The molecule has 136 valence electrons. The zero-order valence-electron chi connectivity index (χ0n) is 13.8. The maximum atomic E-state index is 12.9. The van der Waals surface area contributed by atoms with Crippen LogP contribution in [-0.2, 0) is 10.0 Å². The fourth-order valence-corrected chi connectivity index (χ4v) is 6.13. The summed E-state index contributed by atoms with van der Waals surface area (Å²) in [4.78, 5) is 16.4. The van der Waals surface area contributed by atoms with Crippen molar-refractivity contribution >= 4 is 32.9 Å². The Bertz CT molecular complexity index is 907. The van der Waals surface area contributed by atoms with Crippen LogP contribution in [0.2, 0.25) is 0 Å². The Balaban J connectivity index is 1.49. The molecule has 0 bridgehead atoms. The number of sulfonamides is 1. The number of rotatable bonds is 3. The molecular formula is C16H21N3O4S2. The van der Waals surface area contributed by atoms with E-state index in [0.717, 1.165) is 13.1 Å². The second-order valence-corrected chi connectivity index (χ2v) is 9.62. The van der Waals surface area contributed by atoms with Gasteiger partial charge in [0.25, 0.3) is 0 Å². The van der Waals surface area contributed by atoms with Crippen LogP contribution in [0.4, 0.5) is 0 Å². The molecule has 7 nitrogen and oxygen atoms in total. The highest BCUT2D eigenvalue weighted by Gasteiger charge is 2.31. The van der Waals surface area contributed by atoms with E-state index in [2.05, 4.69) is 9.88 Å². The molecule has 0 spiro atoms. The summed E-state index contributed by atoms with van der Waals surface area (Å²) >= 11 is 2.00. The molecule has 2 aromatic rings. The van der Waals surface area contributed by atoms with Crippen molar-refractivity contribution in [1.29, 1.82) is 0 Å². The van der Waals surface area contributed by atoms with Gasteiger partial charge in [0.1, 0.15) is 0 Å². The van der Waals surface area contributed by atoms with Crippen LogP contribution in [0, 0.1) is 0 Å². The third-order valence-corrected chi connectivity index (χ3v) is 7.95. The molecule has 2 aliphatic heterocycles. The van der Waals surface area contributed by atoms with Crippen molar-refractivity contribution in [3.05, 3.63) is 28.7 Å². The second-order valence-electron chi connectivity index (χ2n) is 6.46. The minimum Gasteiger partial charge on any atom is -0.408 e. The lowest BCUT2D eigenvalue weighted by Crippen LogP contribution is -2.52. The fourth-order valence-electron chi connectivity index (χ4n) is 3.60. The number of piperazine rings is 1. The van der Waals surface area contributed by atoms with Crippen molar-refractivity contribution in [2.45, 2.75) is 23.8 Å². The fraction of sp³-hybridized carbons (Fsp3) is 0.562. The van der Waals surface area contributed by atoms with Gasteiger partial charge < -0.3 is 4.42 Å². The first kappa shape index (κ1) is 17.1. The number of nitrogens with zero attached hydrogens (tertiary/aromatic N) is 2. The maximum absolute atomic E-state index is 12.9. The molecule has 4 rings (SSSR count). The van der Waals surface area contributed by atoms with Crippen molar-refractivity contribution in [3.63, 3.8) is 0 Å². The van der Waals surface area contributed by atoms with E-state index in [1.807, 2.05) is 11.8 Å². The average molecular weight is 383 g/mol. The molecule has 1 N–H and O–H groups in total. The van der Waals surface area contributed by atoms with E-state index in [9.17, 15) is 13.2 Å². The SMILES string of the molecule is O=c1[nH]c2cc(S(=O)(=O)N3CCN(C4CCSCC4)CC3)ccc2o1. The van der Waals surface area contributed by atoms with E-state index >= 15 is 0 Å². The lowest BCUT2D eigenvalue weighted by Gasteiger charge is -2.40. The van der Waals surface area contributed by atoms with Crippen LogP contribution in [0.15, 0.2) is 32.3 Å². The number of benzene rings is 1. The number of hydrogen-bond donors (Lipinski definition) is 1. The van der Waals surface area contributed by atoms with Crippen molar-refractivity contribution in [2.75, 3.05) is 37.7 Å². The minimum absolute atomic E-state index is 0.194. The lowest BCUT2D eigenvalue weighted by molar-refractivity contribution is 0.130. The largest absolute Gasteiger partial charge is 0.417 e. The van der Waals surface area contributed by atoms with Gasteiger partial charge in [0.05, 0.1) is 10.4 Å². The Kier molecular flexibility index (Phi) is 4.65. The summed E-state index contributed by atoms with van der Waals surface area (Å²) < 4.78 is 32.3. The monoisotopic (exact) mass is 383 g/mol. The van der Waals surface area contributed by atoms with Gasteiger partial charge in [0.15, 0.2) is 5.58 Å². The molecule has 2 aliphatic rings. The number of H-pyrrole nitrogens is 1. The molecule has 2 fully saturated rings. The van der Waals surface area contributed by atoms with Crippen LogP contribution in [0.1, 0.15) is 12.8 Å². The van der Waals surface area contributed by atoms with Gasteiger partial charge in [-0.05, 0) is 42.5 Å². The van der Waals surface area contributed by atoms with Gasteiger partial charge in [-0.1, -0.05) is 0 Å². The van der Waals surface area contributed by atoms with Gasteiger partial charge in [-0.3, -0.25) is 9.88 Å². The molecule has 9 heteroatoms. The van der Waals surface area contributed by atoms with E-state index in [-0.39, 0.29) is 4.90 Å². The predicted octanol–water partition coefficient (Wildman–Crippen LogP) is 1.32. The lowest BCUT2D eigenvalue weighted by atomic mass is 10.1. The number of aromatic nitrogens is 1. The van der Waals surface area contributed by atoms with Crippen LogP contribution in [0.5, 0.6) is 0 Å². The zero-order chi connectivity index (χ0) is 17.4. The van der Waals surface area contributed by atoms with Crippen LogP contribution >= 0.6 is 11.8 Å². The summed E-state index contributed by atoms with van der Waals surface area (Å²) in [6.45, 7) is 2.57. The molecule has 0 atom stereocenters. The summed E-state index contributed by atoms with van der Waals surface area (Å²) in [5.74, 6) is 1.82. The minimum atomic E-state index is -3.56. The van der Waals surface area contributed by atoms with E-state index in [1.54, 1.807) is 4.31 Å². The predicted molar refractivity (Wildman–Crippen MR) is 97.5 cm³/mol. The molecule has 1 aromatic carbocycles. The molecule has 0 radical (unpaired) electrons. The summed E-state index contributed by atoms with van der Waals surface area (Å²) in [5, 5.41) is 0. The van der Waals surface area contributed by atoms with Crippen molar-refractivity contribution in [1.82, 2.24) is 14.2 Å². The average Bonchev–Trinajstić information content (AvgIpc) is 3.02. The van der Waals surface area contributed by atoms with Crippen molar-refractivity contribution in [2.24, 2.45) is 0 Å². The van der Waals surface area contributed by atoms with Gasteiger partial charge in [-0.2, -0.15) is 16.1 Å². The first-order chi connectivity index (χ1) is 12.0. The third-order valence-electron chi connectivity index (χ3n) is 5.01. The van der Waals surface area contributed by atoms with Crippen molar-refractivity contribution in [3.8, 4) is 0 Å². The number of oxazole rings is 1. The van der Waals surface area contributed by atoms with Crippen molar-refractivity contribution < 1.29 is 12.8 Å². The number of hydrogen-bond acceptors (Lipinski definition) is 6. The highest BCUT2D eigenvalue weighted by molar-refractivity contribution is 7.99. The van der Waals surface area contributed by atoms with Crippen LogP contribution in [0.3, 0.4) is 0 Å². The van der Waals surface area contributed by atoms with E-state index in [4.69, 9.17) is 4.42 Å². The molecule has 3 heterocycles. The molecule has 2 saturated heterocycles. The third kappa shape index (κ3) is 3.38. The Hall–Kier alpha value is -1.29. The van der Waals surface area contributed by atoms with Gasteiger partial charge in [-0.25, -0.2) is 13.2 Å². The second kappa shape index (κ2) is 6.79. The molecule has 0 aliphatic carbocycles. The Morgan fingerprint density at radius 3 is 2.56 bits per heavy atom. The molecule has 0 amide bonds. The Morgan fingerprint density at radius 2 is 1.84 bits per heavy atom. The van der Waals surface area contributed by atoms with Gasteiger partial charge in [0, 0.05) is 32.2 Å². The normalized spacial score (nSPS) is 21.8. The summed E-state index contributed by atoms with van der Waals surface area (Å²) in [5.41, 5.74) is 0.772. The smallest absolute Gasteiger partial charge is 0.408 e. The van der Waals surface area contributed by atoms with Crippen LogP contribution in [-0.4, -0.2) is 66.3 Å². The zero-order valence-corrected chi connectivity index (χ0v) is 15.4. The number of thioether (sulfide) groups is 1. The van der Waals surface area contributed by atoms with E-state index < -0.39 is 15.8 Å². The molecule has 25 heavy (non-hydrogen) atoms. The number of nitrogens with one attached hydrogen (secondary N) is 1. The van der Waals surface area contributed by atoms with E-state index in [0.29, 0.717) is 30.2 Å². The van der Waals surface area contributed by atoms with Gasteiger partial charge >= 0.3 is 5.76 Å². The Morgan fingerprint density at radius 1 is 1.12 bits per heavy atom. The quantitative estimate of drug-likeness (QED) is 0.860. The highest BCUT2D eigenvalue weighted by atomic mass is 32.2. The summed E-state index contributed by atoms with van der Waals surface area (Å²) in [7, 11) is -3.56. The molecule has 1 aromatic heterocycles. The van der Waals surface area contributed by atoms with Gasteiger partial charge in [-0.15, -0.1) is 0 Å². The van der Waals surface area contributed by atoms with Crippen LogP contribution < -0.4 is 5.76 Å². The topological polar surface area (TPSA) is 86.6 Å². The standard InChI is InChI=1S/C16H21N3O4S2/c20-16-17-14-11-13(1-2-15(14)23-16)25(21,22)19-7-5-18(6-8-19)12-3-9-24-10-4-12/h1-2,11-12H,3-10H2,(H,17,20). The number of aromatic amines is 1. The Labute approximate surface area is 150 Å². The first-order valence-corrected chi connectivity index (χ1v) is 11.1. The summed E-state index contributed by atoms with van der Waals surface area (Å²) in [6, 6.07) is 5.09. The van der Waals surface area contributed by atoms with Gasteiger partial charge in [0.2, 0.25) is 10.0 Å². The molecular weight excluding hydrogens is 362 g/mol. The first-order valence-electron chi connectivity index (χ1n) is 8.49. The number of fused-ring (bicyclic) bond motifs is 1. The maximum Gasteiger partial charge on any atom is 0.417 e. The summed E-state index contributed by atoms with van der Waals surface area (Å²) in [6.07, 6.45) is 2.39.